The lowest BCUT2D eigenvalue weighted by molar-refractivity contribution is 0.441. The van der Waals surface area contributed by atoms with E-state index in [9.17, 15) is 9.90 Å². The van der Waals surface area contributed by atoms with Crippen molar-refractivity contribution in [1.82, 2.24) is 9.55 Å². The number of rotatable bonds is 4. The molecule has 3 aromatic rings. The van der Waals surface area contributed by atoms with Gasteiger partial charge < -0.3 is 5.11 Å². The molecule has 0 aliphatic carbocycles. The highest BCUT2D eigenvalue weighted by molar-refractivity contribution is 7.98. The molecule has 0 saturated carbocycles. The molecule has 1 heterocycles. The van der Waals surface area contributed by atoms with E-state index in [2.05, 4.69) is 4.98 Å². The monoisotopic (exact) mass is 392 g/mol. The van der Waals surface area contributed by atoms with Crippen LogP contribution in [0.25, 0.3) is 5.69 Å². The van der Waals surface area contributed by atoms with Crippen LogP contribution in [0.15, 0.2) is 58.5 Å². The van der Waals surface area contributed by atoms with Crippen LogP contribution >= 0.6 is 35.0 Å². The molecule has 0 unspecified atom stereocenters. The van der Waals surface area contributed by atoms with Crippen molar-refractivity contribution in [3.8, 4) is 11.6 Å². The molecule has 0 aliphatic rings. The van der Waals surface area contributed by atoms with Gasteiger partial charge in [0.1, 0.15) is 0 Å². The zero-order valence-electron chi connectivity index (χ0n) is 13.2. The fraction of sp³-hybridized carbons (Fsp3) is 0.111. The fourth-order valence-corrected chi connectivity index (χ4v) is 3.50. The molecule has 0 fully saturated rings. The van der Waals surface area contributed by atoms with Crippen molar-refractivity contribution >= 4 is 35.0 Å². The van der Waals surface area contributed by atoms with Crippen LogP contribution in [0.3, 0.4) is 0 Å². The van der Waals surface area contributed by atoms with Crippen LogP contribution < -0.4 is 5.56 Å². The van der Waals surface area contributed by atoms with Crippen LogP contribution in [0.4, 0.5) is 0 Å². The van der Waals surface area contributed by atoms with E-state index in [4.69, 9.17) is 23.2 Å². The number of benzene rings is 2. The number of halogens is 2. The van der Waals surface area contributed by atoms with Gasteiger partial charge in [0.15, 0.2) is 5.16 Å². The first-order chi connectivity index (χ1) is 11.9. The minimum Gasteiger partial charge on any atom is -0.493 e. The fourth-order valence-electron chi connectivity index (χ4n) is 2.24. The van der Waals surface area contributed by atoms with Gasteiger partial charge >= 0.3 is 0 Å². The quantitative estimate of drug-likeness (QED) is 0.509. The van der Waals surface area contributed by atoms with Crippen LogP contribution in [-0.4, -0.2) is 14.7 Å². The molecule has 0 radical (unpaired) electrons. The molecule has 0 spiro atoms. The summed E-state index contributed by atoms with van der Waals surface area (Å²) in [7, 11) is 0. The molecule has 7 heteroatoms. The second kappa shape index (κ2) is 7.52. The molecule has 0 atom stereocenters. The van der Waals surface area contributed by atoms with Crippen LogP contribution in [0.2, 0.25) is 10.0 Å². The molecule has 1 N–H and O–H groups in total. The number of thioether (sulfide) groups is 1. The largest absolute Gasteiger partial charge is 0.493 e. The van der Waals surface area contributed by atoms with Gasteiger partial charge in [0.05, 0.1) is 21.8 Å². The summed E-state index contributed by atoms with van der Waals surface area (Å²) in [6.07, 6.45) is 0. The standard InChI is InChI=1S/C18H14Cl2N2O2S/c1-11-2-4-12(5-3-11)10-25-18-21-16(23)9-17(24)22(18)13-6-7-14(19)15(20)8-13/h2-9,23H,10H2,1H3. The van der Waals surface area contributed by atoms with Gasteiger partial charge in [-0.15, -0.1) is 0 Å². The van der Waals surface area contributed by atoms with Crippen molar-refractivity contribution in [2.24, 2.45) is 0 Å². The molecule has 3 rings (SSSR count). The summed E-state index contributed by atoms with van der Waals surface area (Å²) in [6, 6.07) is 14.1. The molecule has 128 valence electrons. The van der Waals surface area contributed by atoms with E-state index in [1.807, 2.05) is 31.2 Å². The molecule has 2 aromatic carbocycles. The number of aryl methyl sites for hydroxylation is 1. The van der Waals surface area contributed by atoms with E-state index < -0.39 is 5.56 Å². The highest BCUT2D eigenvalue weighted by Crippen LogP contribution is 2.28. The van der Waals surface area contributed by atoms with Gasteiger partial charge in [-0.1, -0.05) is 64.8 Å². The Hall–Kier alpha value is -1.95. The summed E-state index contributed by atoms with van der Waals surface area (Å²) in [4.78, 5) is 16.5. The normalized spacial score (nSPS) is 10.8. The third kappa shape index (κ3) is 4.18. The third-order valence-corrected chi connectivity index (χ3v) is 5.27. The summed E-state index contributed by atoms with van der Waals surface area (Å²) in [5.74, 6) is 0.296. The van der Waals surface area contributed by atoms with Gasteiger partial charge in [-0.25, -0.2) is 0 Å². The lowest BCUT2D eigenvalue weighted by atomic mass is 10.2. The van der Waals surface area contributed by atoms with Crippen LogP contribution in [0.5, 0.6) is 5.88 Å². The Labute approximate surface area is 159 Å². The highest BCUT2D eigenvalue weighted by Gasteiger charge is 2.12. The minimum atomic E-state index is -0.391. The van der Waals surface area contributed by atoms with Gasteiger partial charge in [-0.05, 0) is 30.7 Å². The Bertz CT molecular complexity index is 972. The molecular weight excluding hydrogens is 379 g/mol. The molecule has 0 bridgehead atoms. The topological polar surface area (TPSA) is 55.1 Å². The van der Waals surface area contributed by atoms with E-state index >= 15 is 0 Å². The smallest absolute Gasteiger partial charge is 0.262 e. The number of aromatic hydroxyl groups is 1. The Kier molecular flexibility index (Phi) is 5.37. The van der Waals surface area contributed by atoms with Gasteiger partial charge in [0.25, 0.3) is 5.56 Å². The third-order valence-electron chi connectivity index (χ3n) is 3.52. The summed E-state index contributed by atoms with van der Waals surface area (Å²) in [5, 5.41) is 10.8. The summed E-state index contributed by atoms with van der Waals surface area (Å²) in [6.45, 7) is 2.02. The summed E-state index contributed by atoms with van der Waals surface area (Å²) in [5.41, 5.74) is 2.42. The molecule has 25 heavy (non-hydrogen) atoms. The Morgan fingerprint density at radius 1 is 1.08 bits per heavy atom. The van der Waals surface area contributed by atoms with Crippen molar-refractivity contribution in [2.75, 3.05) is 0 Å². The summed E-state index contributed by atoms with van der Waals surface area (Å²) < 4.78 is 1.40. The van der Waals surface area contributed by atoms with E-state index in [1.165, 1.54) is 21.9 Å². The van der Waals surface area contributed by atoms with Crippen LogP contribution in [0, 0.1) is 6.92 Å². The van der Waals surface area contributed by atoms with Gasteiger partial charge in [-0.3, -0.25) is 9.36 Å². The maximum atomic E-state index is 12.4. The molecule has 0 aliphatic heterocycles. The van der Waals surface area contributed by atoms with Gasteiger partial charge in [0, 0.05) is 5.75 Å². The van der Waals surface area contributed by atoms with Crippen molar-refractivity contribution in [3.05, 3.63) is 80.1 Å². The number of nitrogens with zero attached hydrogens (tertiary/aromatic N) is 2. The second-order valence-electron chi connectivity index (χ2n) is 5.44. The number of hydrogen-bond donors (Lipinski definition) is 1. The molecule has 0 saturated heterocycles. The zero-order valence-corrected chi connectivity index (χ0v) is 15.6. The van der Waals surface area contributed by atoms with E-state index in [-0.39, 0.29) is 5.88 Å². The van der Waals surface area contributed by atoms with Crippen LogP contribution in [0.1, 0.15) is 11.1 Å². The van der Waals surface area contributed by atoms with Crippen LogP contribution in [-0.2, 0) is 5.75 Å². The number of hydrogen-bond acceptors (Lipinski definition) is 4. The maximum Gasteiger partial charge on any atom is 0.262 e. The van der Waals surface area contributed by atoms with Gasteiger partial charge in [-0.2, -0.15) is 4.98 Å². The van der Waals surface area contributed by atoms with Crippen molar-refractivity contribution in [1.29, 1.82) is 0 Å². The number of aromatic nitrogens is 2. The average Bonchev–Trinajstić information content (AvgIpc) is 2.57. The van der Waals surface area contributed by atoms with E-state index in [1.54, 1.807) is 18.2 Å². The highest BCUT2D eigenvalue weighted by atomic mass is 35.5. The predicted molar refractivity (Wildman–Crippen MR) is 102 cm³/mol. The molecular formula is C18H14Cl2N2O2S. The molecule has 4 nitrogen and oxygen atoms in total. The van der Waals surface area contributed by atoms with E-state index in [0.717, 1.165) is 11.6 Å². The first-order valence-electron chi connectivity index (χ1n) is 7.41. The minimum absolute atomic E-state index is 0.312. The lowest BCUT2D eigenvalue weighted by Gasteiger charge is -2.12. The van der Waals surface area contributed by atoms with Crippen molar-refractivity contribution in [3.63, 3.8) is 0 Å². The molecule has 0 amide bonds. The molecule has 1 aromatic heterocycles. The Balaban J connectivity index is 1.99. The van der Waals surface area contributed by atoms with E-state index in [0.29, 0.717) is 26.6 Å². The van der Waals surface area contributed by atoms with Crippen molar-refractivity contribution < 1.29 is 5.11 Å². The first-order valence-corrected chi connectivity index (χ1v) is 9.15. The second-order valence-corrected chi connectivity index (χ2v) is 7.20. The Morgan fingerprint density at radius 3 is 2.48 bits per heavy atom. The lowest BCUT2D eigenvalue weighted by Crippen LogP contribution is -2.20. The zero-order chi connectivity index (χ0) is 18.0. The SMILES string of the molecule is Cc1ccc(CSc2nc(O)cc(=O)n2-c2ccc(Cl)c(Cl)c2)cc1. The first kappa shape index (κ1) is 17.9. The maximum absolute atomic E-state index is 12.4. The Morgan fingerprint density at radius 2 is 1.80 bits per heavy atom. The summed E-state index contributed by atoms with van der Waals surface area (Å²) >= 11 is 13.4. The average molecular weight is 393 g/mol. The van der Waals surface area contributed by atoms with Crippen molar-refractivity contribution in [2.45, 2.75) is 17.8 Å². The predicted octanol–water partition coefficient (Wildman–Crippen LogP) is 4.85. The van der Waals surface area contributed by atoms with Gasteiger partial charge in [0.2, 0.25) is 5.88 Å².